The summed E-state index contributed by atoms with van der Waals surface area (Å²) in [4.78, 5) is 27.5. The zero-order chi connectivity index (χ0) is 25.5. The molecule has 0 radical (unpaired) electrons. The number of carbonyl (C=O) groups excluding carboxylic acids is 2. The standard InChI is InChI=1S/C25H38N2O7/c1-25(2,3)13-12-19(29)20(30)21(31)22(34-4)23(32)26-18-11-10-17(28)15-27(24(18)33)14-16-8-6-5-7-9-16/h5-9,12-13,17-22,28-31H,10-11,14-15H2,1-4H3,(H,26,32)/b13-12+/t17-,18-,19+,20-,21+,22+/m0/s1. The summed E-state index contributed by atoms with van der Waals surface area (Å²) < 4.78 is 5.11. The van der Waals surface area contributed by atoms with E-state index in [9.17, 15) is 30.0 Å². The summed E-state index contributed by atoms with van der Waals surface area (Å²) in [5, 5.41) is 43.9. The van der Waals surface area contributed by atoms with Crippen molar-refractivity contribution in [1.82, 2.24) is 10.2 Å². The normalized spacial score (nSPS) is 23.3. The van der Waals surface area contributed by atoms with E-state index in [0.717, 1.165) is 5.56 Å². The van der Waals surface area contributed by atoms with E-state index < -0.39 is 42.5 Å². The molecule has 1 heterocycles. The highest BCUT2D eigenvalue weighted by Crippen LogP contribution is 2.19. The first-order chi connectivity index (χ1) is 15.9. The molecule has 0 aromatic heterocycles. The minimum atomic E-state index is -1.74. The molecule has 1 aromatic carbocycles. The average Bonchev–Trinajstić information content (AvgIpc) is 2.91. The maximum absolute atomic E-state index is 13.1. The van der Waals surface area contributed by atoms with Crippen LogP contribution in [0.2, 0.25) is 0 Å². The number of hydrogen-bond donors (Lipinski definition) is 5. The number of likely N-dealkylation sites (tertiary alicyclic amines) is 1. The molecule has 190 valence electrons. The summed E-state index contributed by atoms with van der Waals surface area (Å²) in [6.45, 7) is 6.15. The Morgan fingerprint density at radius 3 is 2.41 bits per heavy atom. The quantitative estimate of drug-likeness (QED) is 0.323. The largest absolute Gasteiger partial charge is 0.391 e. The molecule has 2 amide bonds. The third-order valence-corrected chi connectivity index (χ3v) is 5.68. The van der Waals surface area contributed by atoms with E-state index >= 15 is 0 Å². The maximum Gasteiger partial charge on any atom is 0.252 e. The van der Waals surface area contributed by atoms with Crippen LogP contribution >= 0.6 is 0 Å². The number of benzene rings is 1. The van der Waals surface area contributed by atoms with Gasteiger partial charge in [-0.15, -0.1) is 0 Å². The molecular weight excluding hydrogens is 440 g/mol. The van der Waals surface area contributed by atoms with Crippen LogP contribution in [0.5, 0.6) is 0 Å². The fraction of sp³-hybridized carbons (Fsp3) is 0.600. The van der Waals surface area contributed by atoms with Crippen LogP contribution in [0, 0.1) is 5.41 Å². The average molecular weight is 479 g/mol. The molecule has 0 saturated carbocycles. The second kappa shape index (κ2) is 12.4. The predicted molar refractivity (Wildman–Crippen MR) is 126 cm³/mol. The molecule has 0 unspecified atom stereocenters. The first-order valence-electron chi connectivity index (χ1n) is 11.5. The highest BCUT2D eigenvalue weighted by Gasteiger charge is 2.38. The van der Waals surface area contributed by atoms with E-state index in [1.165, 1.54) is 18.1 Å². The van der Waals surface area contributed by atoms with E-state index in [1.807, 2.05) is 51.1 Å². The van der Waals surface area contributed by atoms with E-state index in [1.54, 1.807) is 6.08 Å². The maximum atomic E-state index is 13.1. The number of hydrogen-bond acceptors (Lipinski definition) is 7. The van der Waals surface area contributed by atoms with Crippen molar-refractivity contribution < 1.29 is 34.8 Å². The number of allylic oxidation sites excluding steroid dienone is 1. The van der Waals surface area contributed by atoms with Gasteiger partial charge in [0.15, 0.2) is 6.10 Å². The number of amides is 2. The molecule has 9 nitrogen and oxygen atoms in total. The zero-order valence-electron chi connectivity index (χ0n) is 20.3. The van der Waals surface area contributed by atoms with Crippen LogP contribution in [0.1, 0.15) is 39.2 Å². The molecule has 1 saturated heterocycles. The Kier molecular flexibility index (Phi) is 10.2. The number of aliphatic hydroxyl groups excluding tert-OH is 4. The SMILES string of the molecule is CO[C@@H](C(=O)N[C@H]1CC[C@H](O)CN(Cc2ccccc2)C1=O)[C@H](O)[C@@H](O)[C@H](O)/C=C/C(C)(C)C. The summed E-state index contributed by atoms with van der Waals surface area (Å²) in [6, 6.07) is 8.39. The zero-order valence-corrected chi connectivity index (χ0v) is 20.3. The van der Waals surface area contributed by atoms with Crippen LogP contribution in [0.25, 0.3) is 0 Å². The molecule has 5 N–H and O–H groups in total. The second-order valence-corrected chi connectivity index (χ2v) is 9.85. The van der Waals surface area contributed by atoms with E-state index in [0.29, 0.717) is 6.42 Å². The van der Waals surface area contributed by atoms with Gasteiger partial charge in [-0.3, -0.25) is 9.59 Å². The van der Waals surface area contributed by atoms with Gasteiger partial charge in [0.25, 0.3) is 5.91 Å². The Morgan fingerprint density at radius 2 is 1.82 bits per heavy atom. The lowest BCUT2D eigenvalue weighted by molar-refractivity contribution is -0.151. The van der Waals surface area contributed by atoms with Crippen molar-refractivity contribution in [2.24, 2.45) is 5.41 Å². The van der Waals surface area contributed by atoms with Gasteiger partial charge < -0.3 is 35.4 Å². The summed E-state index contributed by atoms with van der Waals surface area (Å²) in [7, 11) is 1.19. The van der Waals surface area contributed by atoms with E-state index in [2.05, 4.69) is 5.32 Å². The number of β-amino-alcohol motifs (C(OH)–C–C–N with tert-alkyl or cyclic N) is 1. The first-order valence-corrected chi connectivity index (χ1v) is 11.5. The lowest BCUT2D eigenvalue weighted by Gasteiger charge is -2.29. The first kappa shape index (κ1) is 27.9. The molecule has 6 atom stereocenters. The number of ether oxygens (including phenoxy) is 1. The van der Waals surface area contributed by atoms with Crippen LogP contribution in [-0.4, -0.2) is 87.4 Å². The third kappa shape index (κ3) is 8.18. The highest BCUT2D eigenvalue weighted by atomic mass is 16.5. The third-order valence-electron chi connectivity index (χ3n) is 5.68. The minimum absolute atomic E-state index is 0.140. The Balaban J connectivity index is 2.09. The van der Waals surface area contributed by atoms with Gasteiger partial charge in [-0.2, -0.15) is 0 Å². The Bertz CT molecular complexity index is 824. The lowest BCUT2D eigenvalue weighted by atomic mass is 9.94. The van der Waals surface area contributed by atoms with Crippen molar-refractivity contribution in [1.29, 1.82) is 0 Å². The van der Waals surface area contributed by atoms with Gasteiger partial charge in [-0.25, -0.2) is 0 Å². The molecular formula is C25H38N2O7. The number of nitrogens with zero attached hydrogens (tertiary/aromatic N) is 1. The fourth-order valence-electron chi connectivity index (χ4n) is 3.76. The molecule has 9 heteroatoms. The minimum Gasteiger partial charge on any atom is -0.391 e. The number of aliphatic hydroxyl groups is 4. The summed E-state index contributed by atoms with van der Waals surface area (Å²) in [6.07, 6.45) is -3.53. The van der Waals surface area contributed by atoms with Crippen molar-refractivity contribution in [3.8, 4) is 0 Å². The van der Waals surface area contributed by atoms with Gasteiger partial charge in [0.05, 0.1) is 6.10 Å². The molecule has 2 rings (SSSR count). The van der Waals surface area contributed by atoms with Crippen LogP contribution in [-0.2, 0) is 20.9 Å². The van der Waals surface area contributed by atoms with Gasteiger partial charge >= 0.3 is 0 Å². The Hall–Kier alpha value is -2.30. The van der Waals surface area contributed by atoms with E-state index in [4.69, 9.17) is 4.74 Å². The molecule has 0 aliphatic carbocycles. The van der Waals surface area contributed by atoms with Gasteiger partial charge in [0, 0.05) is 20.2 Å². The molecule has 1 aliphatic rings. The monoisotopic (exact) mass is 478 g/mol. The van der Waals surface area contributed by atoms with Crippen LogP contribution in [0.3, 0.4) is 0 Å². The van der Waals surface area contributed by atoms with Crippen molar-refractivity contribution in [2.45, 2.75) is 76.7 Å². The summed E-state index contributed by atoms with van der Waals surface area (Å²) in [5.74, 6) is -1.15. The van der Waals surface area contributed by atoms with Crippen molar-refractivity contribution in [2.75, 3.05) is 13.7 Å². The van der Waals surface area contributed by atoms with Gasteiger partial charge in [0.1, 0.15) is 24.4 Å². The van der Waals surface area contributed by atoms with Gasteiger partial charge in [-0.1, -0.05) is 63.3 Å². The molecule has 0 bridgehead atoms. The molecule has 34 heavy (non-hydrogen) atoms. The van der Waals surface area contributed by atoms with Crippen molar-refractivity contribution in [3.63, 3.8) is 0 Å². The van der Waals surface area contributed by atoms with Crippen LogP contribution < -0.4 is 5.32 Å². The molecule has 1 aromatic rings. The smallest absolute Gasteiger partial charge is 0.252 e. The summed E-state index contributed by atoms with van der Waals surface area (Å²) in [5.41, 5.74) is 0.639. The Morgan fingerprint density at radius 1 is 1.18 bits per heavy atom. The van der Waals surface area contributed by atoms with Gasteiger partial charge in [0.2, 0.25) is 5.91 Å². The molecule has 1 fully saturated rings. The topological polar surface area (TPSA) is 140 Å². The second-order valence-electron chi connectivity index (χ2n) is 9.85. The Labute approximate surface area is 201 Å². The van der Waals surface area contributed by atoms with Crippen molar-refractivity contribution >= 4 is 11.8 Å². The number of rotatable bonds is 9. The number of carbonyl (C=O) groups is 2. The van der Waals surface area contributed by atoms with Crippen molar-refractivity contribution in [3.05, 3.63) is 48.0 Å². The molecule has 1 aliphatic heterocycles. The highest BCUT2D eigenvalue weighted by molar-refractivity contribution is 5.90. The summed E-state index contributed by atoms with van der Waals surface area (Å²) >= 11 is 0. The predicted octanol–water partition coefficient (Wildman–Crippen LogP) is 0.355. The van der Waals surface area contributed by atoms with Gasteiger partial charge in [-0.05, 0) is 23.8 Å². The fourth-order valence-corrected chi connectivity index (χ4v) is 3.76. The van der Waals surface area contributed by atoms with Crippen LogP contribution in [0.4, 0.5) is 0 Å². The van der Waals surface area contributed by atoms with Crippen LogP contribution in [0.15, 0.2) is 42.5 Å². The number of methoxy groups -OCH3 is 1. The van der Waals surface area contributed by atoms with E-state index in [-0.39, 0.29) is 30.8 Å². The number of nitrogens with one attached hydrogen (secondary N) is 1. The lowest BCUT2D eigenvalue weighted by Crippen LogP contribution is -2.55. The molecule has 0 spiro atoms.